The van der Waals surface area contributed by atoms with Crippen LogP contribution in [0.2, 0.25) is 0 Å². The first-order valence-electron chi connectivity index (χ1n) is 9.22. The number of carbonyl (C=O) groups is 1. The Morgan fingerprint density at radius 3 is 2.58 bits per heavy atom. The Balaban J connectivity index is 1.61. The minimum Gasteiger partial charge on any atom is -0.341 e. The summed E-state index contributed by atoms with van der Waals surface area (Å²) in [5, 5.41) is 4.33. The van der Waals surface area contributed by atoms with Gasteiger partial charge in [0.15, 0.2) is 0 Å². The lowest BCUT2D eigenvalue weighted by Crippen LogP contribution is -2.51. The van der Waals surface area contributed by atoms with Crippen molar-refractivity contribution < 1.29 is 4.79 Å². The van der Waals surface area contributed by atoms with Gasteiger partial charge in [0.05, 0.1) is 17.3 Å². The van der Waals surface area contributed by atoms with Gasteiger partial charge in [-0.25, -0.2) is 0 Å². The van der Waals surface area contributed by atoms with Crippen LogP contribution in [0.5, 0.6) is 0 Å². The highest BCUT2D eigenvalue weighted by Gasteiger charge is 2.52. The lowest BCUT2D eigenvalue weighted by atomic mass is 9.65. The summed E-state index contributed by atoms with van der Waals surface area (Å²) in [6, 6.07) is 3.99. The molecule has 0 aromatic carbocycles. The Bertz CT molecular complexity index is 823. The van der Waals surface area contributed by atoms with E-state index in [9.17, 15) is 4.79 Å². The number of rotatable bonds is 3. The minimum atomic E-state index is -0.430. The number of carbonyl (C=O) groups excluding carboxylic acids is 1. The third-order valence-electron chi connectivity index (χ3n) is 6.19. The standard InChI is InChI=1S/C20H25BrN4O/c1-19(2)13-25(12-16(19)14-9-23-24(3)11-14)18(26)20(7-4-8-20)17-6-5-15(21)10-22-17/h5-6,9-11,16H,4,7-8,12-13H2,1-3H3. The number of nitrogens with zero attached hydrogens (tertiary/aromatic N) is 4. The largest absolute Gasteiger partial charge is 0.341 e. The van der Waals surface area contributed by atoms with Crippen molar-refractivity contribution in [2.45, 2.75) is 44.4 Å². The summed E-state index contributed by atoms with van der Waals surface area (Å²) in [6.07, 6.45) is 8.71. The second-order valence-electron chi connectivity index (χ2n) is 8.47. The summed E-state index contributed by atoms with van der Waals surface area (Å²) in [6.45, 7) is 6.05. The zero-order valence-corrected chi connectivity index (χ0v) is 17.2. The molecule has 26 heavy (non-hydrogen) atoms. The SMILES string of the molecule is Cn1cc(C2CN(C(=O)C3(c4ccc(Br)cn4)CCC3)CC2(C)C)cn1. The van der Waals surface area contributed by atoms with Crippen molar-refractivity contribution in [2.75, 3.05) is 13.1 Å². The zero-order chi connectivity index (χ0) is 18.5. The molecule has 1 saturated heterocycles. The Hall–Kier alpha value is -1.69. The lowest BCUT2D eigenvalue weighted by molar-refractivity contribution is -0.140. The van der Waals surface area contributed by atoms with Gasteiger partial charge in [-0.2, -0.15) is 5.10 Å². The van der Waals surface area contributed by atoms with Crippen molar-refractivity contribution in [1.82, 2.24) is 19.7 Å². The van der Waals surface area contributed by atoms with E-state index in [-0.39, 0.29) is 11.3 Å². The average molecular weight is 417 g/mol. The highest BCUT2D eigenvalue weighted by atomic mass is 79.9. The molecule has 0 spiro atoms. The summed E-state index contributed by atoms with van der Waals surface area (Å²) < 4.78 is 2.79. The molecule has 1 aliphatic carbocycles. The summed E-state index contributed by atoms with van der Waals surface area (Å²) in [5.41, 5.74) is 1.74. The Kier molecular flexibility index (Phi) is 4.21. The van der Waals surface area contributed by atoms with Gasteiger partial charge in [-0.15, -0.1) is 0 Å². The van der Waals surface area contributed by atoms with Crippen molar-refractivity contribution >= 4 is 21.8 Å². The molecule has 2 aromatic heterocycles. The fourth-order valence-electron chi connectivity index (χ4n) is 4.54. The van der Waals surface area contributed by atoms with Crippen LogP contribution in [0.4, 0.5) is 0 Å². The smallest absolute Gasteiger partial charge is 0.234 e. The molecule has 1 amide bonds. The molecule has 0 radical (unpaired) electrons. The van der Waals surface area contributed by atoms with E-state index in [1.54, 1.807) is 6.20 Å². The summed E-state index contributed by atoms with van der Waals surface area (Å²) in [5.74, 6) is 0.563. The van der Waals surface area contributed by atoms with Gasteiger partial charge >= 0.3 is 0 Å². The van der Waals surface area contributed by atoms with E-state index in [2.05, 4.69) is 51.0 Å². The number of aromatic nitrogens is 3. The predicted molar refractivity (Wildman–Crippen MR) is 104 cm³/mol. The number of pyridine rings is 1. The molecule has 1 unspecified atom stereocenters. The van der Waals surface area contributed by atoms with E-state index in [0.717, 1.165) is 42.5 Å². The first-order valence-corrected chi connectivity index (χ1v) is 10.0. The monoisotopic (exact) mass is 416 g/mol. The number of hydrogen-bond acceptors (Lipinski definition) is 3. The van der Waals surface area contributed by atoms with Crippen LogP contribution in [0.15, 0.2) is 35.2 Å². The minimum absolute atomic E-state index is 0.0385. The third kappa shape index (κ3) is 2.79. The first-order chi connectivity index (χ1) is 12.3. The molecular formula is C20H25BrN4O. The van der Waals surface area contributed by atoms with Gasteiger partial charge in [-0.3, -0.25) is 14.5 Å². The van der Waals surface area contributed by atoms with Crippen molar-refractivity contribution in [1.29, 1.82) is 0 Å². The molecule has 4 rings (SSSR count). The number of hydrogen-bond donors (Lipinski definition) is 0. The number of aryl methyl sites for hydroxylation is 1. The fraction of sp³-hybridized carbons (Fsp3) is 0.550. The molecule has 3 heterocycles. The van der Waals surface area contributed by atoms with Crippen LogP contribution in [0, 0.1) is 5.41 Å². The molecule has 2 fully saturated rings. The maximum atomic E-state index is 13.6. The molecule has 2 aromatic rings. The Labute approximate surface area is 162 Å². The molecule has 1 saturated carbocycles. The quantitative estimate of drug-likeness (QED) is 0.766. The predicted octanol–water partition coefficient (Wildman–Crippen LogP) is 3.65. The van der Waals surface area contributed by atoms with Gasteiger partial charge in [0, 0.05) is 42.9 Å². The number of halogens is 1. The van der Waals surface area contributed by atoms with Crippen LogP contribution in [0.25, 0.3) is 0 Å². The van der Waals surface area contributed by atoms with Crippen LogP contribution in [-0.2, 0) is 17.3 Å². The van der Waals surface area contributed by atoms with Crippen molar-refractivity contribution in [3.63, 3.8) is 0 Å². The second-order valence-corrected chi connectivity index (χ2v) is 9.39. The van der Waals surface area contributed by atoms with Gasteiger partial charge in [0.25, 0.3) is 0 Å². The number of likely N-dealkylation sites (tertiary alicyclic amines) is 1. The summed E-state index contributed by atoms with van der Waals surface area (Å²) >= 11 is 3.44. The van der Waals surface area contributed by atoms with Crippen LogP contribution in [0.3, 0.4) is 0 Å². The maximum absolute atomic E-state index is 13.6. The molecule has 2 aliphatic rings. The highest BCUT2D eigenvalue weighted by molar-refractivity contribution is 9.10. The molecule has 1 aliphatic heterocycles. The summed E-state index contributed by atoms with van der Waals surface area (Å²) in [7, 11) is 1.94. The van der Waals surface area contributed by atoms with Crippen LogP contribution in [-0.4, -0.2) is 38.7 Å². The topological polar surface area (TPSA) is 51.0 Å². The van der Waals surface area contributed by atoms with E-state index < -0.39 is 5.41 Å². The molecule has 0 bridgehead atoms. The second kappa shape index (κ2) is 6.19. The molecular weight excluding hydrogens is 392 g/mol. The van der Waals surface area contributed by atoms with E-state index in [1.165, 1.54) is 5.56 Å². The third-order valence-corrected chi connectivity index (χ3v) is 6.66. The normalized spacial score (nSPS) is 23.7. The first kappa shape index (κ1) is 17.7. The van der Waals surface area contributed by atoms with Crippen LogP contribution in [0.1, 0.15) is 50.3 Å². The van der Waals surface area contributed by atoms with E-state index >= 15 is 0 Å². The van der Waals surface area contributed by atoms with Gasteiger partial charge in [0.2, 0.25) is 5.91 Å². The molecule has 1 atom stereocenters. The van der Waals surface area contributed by atoms with E-state index in [0.29, 0.717) is 5.92 Å². The molecule has 138 valence electrons. The average Bonchev–Trinajstić information content (AvgIpc) is 3.10. The highest BCUT2D eigenvalue weighted by Crippen LogP contribution is 2.48. The van der Waals surface area contributed by atoms with Crippen molar-refractivity contribution in [3.8, 4) is 0 Å². The molecule has 6 heteroatoms. The van der Waals surface area contributed by atoms with Gasteiger partial charge in [0.1, 0.15) is 0 Å². The number of amides is 1. The van der Waals surface area contributed by atoms with Gasteiger partial charge in [-0.1, -0.05) is 20.3 Å². The molecule has 5 nitrogen and oxygen atoms in total. The fourth-order valence-corrected chi connectivity index (χ4v) is 4.77. The van der Waals surface area contributed by atoms with Gasteiger partial charge in [-0.05, 0) is 51.9 Å². The van der Waals surface area contributed by atoms with Crippen LogP contribution < -0.4 is 0 Å². The lowest BCUT2D eigenvalue weighted by Gasteiger charge is -2.42. The Morgan fingerprint density at radius 1 is 1.27 bits per heavy atom. The van der Waals surface area contributed by atoms with E-state index in [1.807, 2.05) is 30.1 Å². The van der Waals surface area contributed by atoms with E-state index in [4.69, 9.17) is 0 Å². The summed E-state index contributed by atoms with van der Waals surface area (Å²) in [4.78, 5) is 20.2. The Morgan fingerprint density at radius 2 is 2.04 bits per heavy atom. The van der Waals surface area contributed by atoms with Crippen molar-refractivity contribution in [2.24, 2.45) is 12.5 Å². The van der Waals surface area contributed by atoms with Crippen LogP contribution >= 0.6 is 15.9 Å². The molecule has 0 N–H and O–H groups in total. The maximum Gasteiger partial charge on any atom is 0.234 e. The zero-order valence-electron chi connectivity index (χ0n) is 15.6. The van der Waals surface area contributed by atoms with Gasteiger partial charge < -0.3 is 4.90 Å². The van der Waals surface area contributed by atoms with Crippen molar-refractivity contribution in [3.05, 3.63) is 46.5 Å².